The lowest BCUT2D eigenvalue weighted by atomic mass is 10.2. The summed E-state index contributed by atoms with van der Waals surface area (Å²) in [4.78, 5) is 28.8. The highest BCUT2D eigenvalue weighted by atomic mass is 32.2. The molecule has 7 heteroatoms. The van der Waals surface area contributed by atoms with Gasteiger partial charge >= 0.3 is 0 Å². The van der Waals surface area contributed by atoms with Crippen molar-refractivity contribution in [2.45, 2.75) is 26.8 Å². The van der Waals surface area contributed by atoms with Crippen LogP contribution >= 0.6 is 11.8 Å². The van der Waals surface area contributed by atoms with Crippen LogP contribution in [0.2, 0.25) is 0 Å². The number of rotatable bonds is 8. The fourth-order valence-electron chi connectivity index (χ4n) is 2.85. The number of imidazole rings is 1. The van der Waals surface area contributed by atoms with Gasteiger partial charge in [-0.2, -0.15) is 0 Å². The fourth-order valence-corrected chi connectivity index (χ4v) is 3.47. The number of nitrogens with zero attached hydrogens (tertiary/aromatic N) is 2. The van der Waals surface area contributed by atoms with Crippen LogP contribution in [0.1, 0.15) is 18.9 Å². The Kier molecular flexibility index (Phi) is 6.71. The molecular weight excluding hydrogens is 372 g/mol. The topological polar surface area (TPSA) is 76.0 Å². The molecule has 0 saturated heterocycles. The van der Waals surface area contributed by atoms with Crippen LogP contribution in [0.5, 0.6) is 0 Å². The summed E-state index contributed by atoms with van der Waals surface area (Å²) in [7, 11) is 0. The number of hydrogen-bond donors (Lipinski definition) is 2. The van der Waals surface area contributed by atoms with Crippen LogP contribution in [0.25, 0.3) is 11.0 Å². The molecule has 0 aliphatic carbocycles. The van der Waals surface area contributed by atoms with Gasteiger partial charge in [0, 0.05) is 12.2 Å². The van der Waals surface area contributed by atoms with Crippen molar-refractivity contribution in [1.29, 1.82) is 0 Å². The number of nitrogens with one attached hydrogen (secondary N) is 2. The van der Waals surface area contributed by atoms with Crippen molar-refractivity contribution >= 4 is 46.2 Å². The van der Waals surface area contributed by atoms with E-state index in [9.17, 15) is 9.59 Å². The van der Waals surface area contributed by atoms with Gasteiger partial charge < -0.3 is 9.88 Å². The second-order valence-electron chi connectivity index (χ2n) is 6.53. The maximum Gasteiger partial charge on any atom is 0.236 e. The van der Waals surface area contributed by atoms with Crippen molar-refractivity contribution in [2.75, 3.05) is 22.1 Å². The number of aryl methyl sites for hydroxylation is 2. The first-order valence-electron chi connectivity index (χ1n) is 9.26. The van der Waals surface area contributed by atoms with Gasteiger partial charge in [0.25, 0.3) is 0 Å². The van der Waals surface area contributed by atoms with E-state index in [1.54, 1.807) is 0 Å². The number of carbonyl (C=O) groups is 2. The molecule has 0 unspecified atom stereocenters. The highest BCUT2D eigenvalue weighted by Crippen LogP contribution is 2.20. The minimum atomic E-state index is -0.166. The van der Waals surface area contributed by atoms with E-state index in [4.69, 9.17) is 0 Å². The van der Waals surface area contributed by atoms with Crippen LogP contribution in [-0.2, 0) is 16.1 Å². The zero-order valence-electron chi connectivity index (χ0n) is 16.1. The molecule has 3 aromatic rings. The Bertz CT molecular complexity index is 966. The first-order valence-corrected chi connectivity index (χ1v) is 10.4. The second kappa shape index (κ2) is 9.41. The summed E-state index contributed by atoms with van der Waals surface area (Å²) in [5, 5.41) is 5.70. The van der Waals surface area contributed by atoms with Gasteiger partial charge in [-0.25, -0.2) is 4.98 Å². The van der Waals surface area contributed by atoms with Gasteiger partial charge in [-0.05, 0) is 37.6 Å². The molecule has 2 amide bonds. The van der Waals surface area contributed by atoms with Crippen molar-refractivity contribution in [3.8, 4) is 0 Å². The van der Waals surface area contributed by atoms with E-state index in [1.807, 2.05) is 60.0 Å². The fraction of sp³-hybridized carbons (Fsp3) is 0.286. The molecule has 2 N–H and O–H groups in total. The summed E-state index contributed by atoms with van der Waals surface area (Å²) < 4.78 is 2.02. The molecule has 0 saturated carbocycles. The Morgan fingerprint density at radius 2 is 1.68 bits per heavy atom. The molecule has 0 fully saturated rings. The van der Waals surface area contributed by atoms with Crippen LogP contribution in [0, 0.1) is 6.92 Å². The molecule has 0 aliphatic rings. The number of para-hydroxylation sites is 2. The quantitative estimate of drug-likeness (QED) is 0.602. The Balaban J connectivity index is 1.51. The monoisotopic (exact) mass is 396 g/mol. The van der Waals surface area contributed by atoms with Crippen molar-refractivity contribution < 1.29 is 9.59 Å². The SMILES string of the molecule is CCCn1c(NC(=O)CSCC(=O)Nc2ccc(C)cc2)nc2ccccc21. The van der Waals surface area contributed by atoms with Crippen LogP contribution < -0.4 is 10.6 Å². The van der Waals surface area contributed by atoms with Crippen LogP contribution in [0.15, 0.2) is 48.5 Å². The third kappa shape index (κ3) is 5.13. The molecule has 28 heavy (non-hydrogen) atoms. The minimum Gasteiger partial charge on any atom is -0.325 e. The van der Waals surface area contributed by atoms with E-state index in [-0.39, 0.29) is 23.3 Å². The van der Waals surface area contributed by atoms with E-state index in [2.05, 4.69) is 22.5 Å². The van der Waals surface area contributed by atoms with Crippen LogP contribution in [0.3, 0.4) is 0 Å². The Hall–Kier alpha value is -2.80. The Morgan fingerprint density at radius 3 is 2.39 bits per heavy atom. The van der Waals surface area contributed by atoms with Gasteiger partial charge in [-0.15, -0.1) is 11.8 Å². The molecular formula is C21H24N4O2S. The molecule has 1 heterocycles. The highest BCUT2D eigenvalue weighted by Gasteiger charge is 2.13. The third-order valence-electron chi connectivity index (χ3n) is 4.15. The van der Waals surface area contributed by atoms with Crippen LogP contribution in [-0.4, -0.2) is 32.9 Å². The third-order valence-corrected chi connectivity index (χ3v) is 5.09. The predicted octanol–water partition coefficient (Wildman–Crippen LogP) is 4.07. The first-order chi connectivity index (χ1) is 13.6. The first kappa shape index (κ1) is 19.9. The van der Waals surface area contributed by atoms with E-state index in [0.717, 1.165) is 35.2 Å². The molecule has 0 bridgehead atoms. The second-order valence-corrected chi connectivity index (χ2v) is 7.52. The van der Waals surface area contributed by atoms with Crippen molar-refractivity contribution in [2.24, 2.45) is 0 Å². The smallest absolute Gasteiger partial charge is 0.236 e. The van der Waals surface area contributed by atoms with Crippen molar-refractivity contribution in [3.05, 3.63) is 54.1 Å². The molecule has 2 aromatic carbocycles. The average molecular weight is 397 g/mol. The predicted molar refractivity (Wildman–Crippen MR) is 116 cm³/mol. The van der Waals surface area contributed by atoms with Crippen molar-refractivity contribution in [1.82, 2.24) is 9.55 Å². The number of carbonyl (C=O) groups excluding carboxylic acids is 2. The number of thioether (sulfide) groups is 1. The number of aromatic nitrogens is 2. The van der Waals surface area contributed by atoms with E-state index >= 15 is 0 Å². The number of amides is 2. The number of anilines is 2. The molecule has 146 valence electrons. The maximum absolute atomic E-state index is 12.3. The van der Waals surface area contributed by atoms with Crippen molar-refractivity contribution in [3.63, 3.8) is 0 Å². The molecule has 0 aliphatic heterocycles. The van der Waals surface area contributed by atoms with E-state index in [0.29, 0.717) is 5.95 Å². The number of hydrogen-bond acceptors (Lipinski definition) is 4. The summed E-state index contributed by atoms with van der Waals surface area (Å²) in [6.07, 6.45) is 0.942. The lowest BCUT2D eigenvalue weighted by Crippen LogP contribution is -2.20. The zero-order valence-corrected chi connectivity index (χ0v) is 16.9. The minimum absolute atomic E-state index is 0.125. The molecule has 6 nitrogen and oxygen atoms in total. The molecule has 1 aromatic heterocycles. The standard InChI is InChI=1S/C21H24N4O2S/c1-3-12-25-18-7-5-4-6-17(18)23-21(25)24-20(27)14-28-13-19(26)22-16-10-8-15(2)9-11-16/h4-11H,3,12-14H2,1-2H3,(H,22,26)(H,23,24,27). The molecule has 0 spiro atoms. The summed E-state index contributed by atoms with van der Waals surface area (Å²) in [5.41, 5.74) is 3.76. The summed E-state index contributed by atoms with van der Waals surface area (Å²) >= 11 is 1.28. The molecule has 0 atom stereocenters. The van der Waals surface area contributed by atoms with Gasteiger partial charge in [0.05, 0.1) is 22.5 Å². The summed E-state index contributed by atoms with van der Waals surface area (Å²) in [5.74, 6) is 0.669. The van der Waals surface area contributed by atoms with Gasteiger partial charge in [0.15, 0.2) is 0 Å². The van der Waals surface area contributed by atoms with E-state index in [1.165, 1.54) is 11.8 Å². The zero-order chi connectivity index (χ0) is 19.9. The molecule has 0 radical (unpaired) electrons. The Morgan fingerprint density at radius 1 is 1.00 bits per heavy atom. The van der Waals surface area contributed by atoms with Gasteiger partial charge in [-0.1, -0.05) is 36.8 Å². The van der Waals surface area contributed by atoms with Gasteiger partial charge in [0.2, 0.25) is 17.8 Å². The van der Waals surface area contributed by atoms with Crippen LogP contribution in [0.4, 0.5) is 11.6 Å². The summed E-state index contributed by atoms with van der Waals surface area (Å²) in [6, 6.07) is 15.4. The molecule has 3 rings (SSSR count). The summed E-state index contributed by atoms with van der Waals surface area (Å²) in [6.45, 7) is 4.86. The maximum atomic E-state index is 12.3. The van der Waals surface area contributed by atoms with Gasteiger partial charge in [0.1, 0.15) is 0 Å². The average Bonchev–Trinajstić information content (AvgIpc) is 3.01. The normalized spacial score (nSPS) is 10.8. The van der Waals surface area contributed by atoms with E-state index < -0.39 is 0 Å². The number of benzene rings is 2. The largest absolute Gasteiger partial charge is 0.325 e. The Labute approximate surface area is 168 Å². The lowest BCUT2D eigenvalue weighted by molar-refractivity contribution is -0.114. The number of fused-ring (bicyclic) bond motifs is 1. The highest BCUT2D eigenvalue weighted by molar-refractivity contribution is 8.00. The van der Waals surface area contributed by atoms with Gasteiger partial charge in [-0.3, -0.25) is 14.9 Å². The lowest BCUT2D eigenvalue weighted by Gasteiger charge is -2.09.